The molecule has 0 unspecified atom stereocenters. The molecule has 1 saturated heterocycles. The highest BCUT2D eigenvalue weighted by Crippen LogP contribution is 2.26. The fourth-order valence-corrected chi connectivity index (χ4v) is 2.41. The Kier molecular flexibility index (Phi) is 8.35. The summed E-state index contributed by atoms with van der Waals surface area (Å²) in [5, 5.41) is 0. The number of hydrogen-bond donors (Lipinski definition) is 1. The van der Waals surface area contributed by atoms with E-state index >= 15 is 0 Å². The molecular weight excluding hydrogens is 419 g/mol. The molecular formula is C15H22F2IN3O2. The van der Waals surface area contributed by atoms with Crippen molar-refractivity contribution in [1.82, 2.24) is 4.90 Å². The summed E-state index contributed by atoms with van der Waals surface area (Å²) in [5.74, 6) is 1.08. The summed E-state index contributed by atoms with van der Waals surface area (Å²) in [6.45, 7) is -0.945. The summed E-state index contributed by atoms with van der Waals surface area (Å²) in [4.78, 5) is 6.31. The van der Waals surface area contributed by atoms with Crippen LogP contribution in [0.3, 0.4) is 0 Å². The molecule has 1 aromatic rings. The van der Waals surface area contributed by atoms with E-state index in [0.29, 0.717) is 17.3 Å². The Bertz CT molecular complexity index is 523. The summed E-state index contributed by atoms with van der Waals surface area (Å²) in [7, 11) is 1.51. The lowest BCUT2D eigenvalue weighted by molar-refractivity contribution is -0.0504. The zero-order valence-corrected chi connectivity index (χ0v) is 15.3. The highest BCUT2D eigenvalue weighted by Gasteiger charge is 2.14. The number of rotatable bonds is 5. The Balaban J connectivity index is 0.00000264. The molecule has 0 aliphatic carbocycles. The number of piperidine rings is 1. The third-order valence-electron chi connectivity index (χ3n) is 3.58. The second-order valence-electron chi connectivity index (χ2n) is 5.07. The van der Waals surface area contributed by atoms with Crippen molar-refractivity contribution in [2.24, 2.45) is 10.7 Å². The number of alkyl halides is 2. The molecule has 0 atom stereocenters. The van der Waals surface area contributed by atoms with E-state index in [-0.39, 0.29) is 36.3 Å². The van der Waals surface area contributed by atoms with Gasteiger partial charge in [0.1, 0.15) is 11.5 Å². The minimum Gasteiger partial charge on any atom is -0.497 e. The first-order valence-electron chi connectivity index (χ1n) is 7.26. The number of hydrogen-bond acceptors (Lipinski definition) is 3. The van der Waals surface area contributed by atoms with Crippen LogP contribution in [0.4, 0.5) is 8.78 Å². The minimum absolute atomic E-state index is 0. The Morgan fingerprint density at radius 1 is 1.30 bits per heavy atom. The van der Waals surface area contributed by atoms with Crippen LogP contribution in [0.2, 0.25) is 0 Å². The first-order chi connectivity index (χ1) is 10.6. The van der Waals surface area contributed by atoms with Crippen LogP contribution in [-0.4, -0.2) is 37.7 Å². The summed E-state index contributed by atoms with van der Waals surface area (Å²) in [5.41, 5.74) is 6.49. The van der Waals surface area contributed by atoms with Gasteiger partial charge in [-0.1, -0.05) is 0 Å². The molecule has 1 heterocycles. The van der Waals surface area contributed by atoms with Crippen LogP contribution in [0.1, 0.15) is 24.8 Å². The molecule has 0 spiro atoms. The van der Waals surface area contributed by atoms with Crippen molar-refractivity contribution in [2.75, 3.05) is 20.2 Å². The highest BCUT2D eigenvalue weighted by atomic mass is 127. The molecule has 130 valence electrons. The molecule has 0 amide bonds. The summed E-state index contributed by atoms with van der Waals surface area (Å²) >= 11 is 0. The largest absolute Gasteiger partial charge is 0.497 e. The standard InChI is InChI=1S/C15H21F2N3O2.HI/c1-21-12-5-6-13(22-14(16)17)11(9-12)10-19-15(18)20-7-3-2-4-8-20;/h5-6,9,14H,2-4,7-8,10H2,1H3,(H2,18,19);1H. The van der Waals surface area contributed by atoms with E-state index in [1.165, 1.54) is 19.6 Å². The van der Waals surface area contributed by atoms with Crippen LogP contribution in [-0.2, 0) is 6.54 Å². The van der Waals surface area contributed by atoms with Gasteiger partial charge in [-0.05, 0) is 37.5 Å². The third-order valence-corrected chi connectivity index (χ3v) is 3.58. The Morgan fingerprint density at radius 2 is 2.00 bits per heavy atom. The molecule has 1 aromatic carbocycles. The zero-order chi connectivity index (χ0) is 15.9. The normalized spacial score (nSPS) is 15.3. The van der Waals surface area contributed by atoms with E-state index in [2.05, 4.69) is 9.73 Å². The maximum absolute atomic E-state index is 12.5. The van der Waals surface area contributed by atoms with Crippen LogP contribution >= 0.6 is 24.0 Å². The molecule has 5 nitrogen and oxygen atoms in total. The van der Waals surface area contributed by atoms with Gasteiger partial charge in [0.2, 0.25) is 0 Å². The Labute approximate surface area is 151 Å². The smallest absolute Gasteiger partial charge is 0.387 e. The van der Waals surface area contributed by atoms with E-state index in [1.807, 2.05) is 4.90 Å². The summed E-state index contributed by atoms with van der Waals surface area (Å²) < 4.78 is 34.5. The number of ether oxygens (including phenoxy) is 2. The van der Waals surface area contributed by atoms with Gasteiger partial charge in [0.15, 0.2) is 5.96 Å². The van der Waals surface area contributed by atoms with Gasteiger partial charge in [-0.25, -0.2) is 4.99 Å². The molecule has 1 aliphatic rings. The van der Waals surface area contributed by atoms with Crippen LogP contribution < -0.4 is 15.2 Å². The quantitative estimate of drug-likeness (QED) is 0.433. The molecule has 1 aliphatic heterocycles. The van der Waals surface area contributed by atoms with Crippen molar-refractivity contribution in [3.8, 4) is 11.5 Å². The SMILES string of the molecule is COc1ccc(OC(F)F)c(CN=C(N)N2CCCCC2)c1.I. The van der Waals surface area contributed by atoms with Gasteiger partial charge in [-0.2, -0.15) is 8.78 Å². The van der Waals surface area contributed by atoms with Crippen molar-refractivity contribution >= 4 is 29.9 Å². The fraction of sp³-hybridized carbons (Fsp3) is 0.533. The molecule has 0 saturated carbocycles. The molecule has 0 bridgehead atoms. The fourth-order valence-electron chi connectivity index (χ4n) is 2.41. The van der Waals surface area contributed by atoms with Crippen LogP contribution in [0.15, 0.2) is 23.2 Å². The van der Waals surface area contributed by atoms with Gasteiger partial charge < -0.3 is 20.1 Å². The Hall–Kier alpha value is -1.32. The third kappa shape index (κ3) is 6.00. The second kappa shape index (κ2) is 9.74. The number of benzene rings is 1. The van der Waals surface area contributed by atoms with Crippen LogP contribution in [0, 0.1) is 0 Å². The van der Waals surface area contributed by atoms with Crippen molar-refractivity contribution in [1.29, 1.82) is 0 Å². The van der Waals surface area contributed by atoms with Gasteiger partial charge in [0, 0.05) is 18.7 Å². The van der Waals surface area contributed by atoms with E-state index in [1.54, 1.807) is 12.1 Å². The number of likely N-dealkylation sites (tertiary alicyclic amines) is 1. The first-order valence-corrected chi connectivity index (χ1v) is 7.26. The number of halogens is 3. The lowest BCUT2D eigenvalue weighted by atomic mass is 10.1. The summed E-state index contributed by atoms with van der Waals surface area (Å²) in [6.07, 6.45) is 3.39. The van der Waals surface area contributed by atoms with Gasteiger partial charge in [0.05, 0.1) is 13.7 Å². The number of methoxy groups -OCH3 is 1. The van der Waals surface area contributed by atoms with Crippen molar-refractivity contribution in [3.05, 3.63) is 23.8 Å². The zero-order valence-electron chi connectivity index (χ0n) is 13.0. The predicted molar refractivity (Wildman–Crippen MR) is 95.8 cm³/mol. The molecule has 2 N–H and O–H groups in total. The van der Waals surface area contributed by atoms with Gasteiger partial charge in [-0.15, -0.1) is 24.0 Å². The van der Waals surface area contributed by atoms with Crippen LogP contribution in [0.5, 0.6) is 11.5 Å². The maximum atomic E-state index is 12.5. The maximum Gasteiger partial charge on any atom is 0.387 e. The van der Waals surface area contributed by atoms with Gasteiger partial charge in [0.25, 0.3) is 0 Å². The van der Waals surface area contributed by atoms with Gasteiger partial charge in [-0.3, -0.25) is 0 Å². The Morgan fingerprint density at radius 3 is 2.61 bits per heavy atom. The second-order valence-corrected chi connectivity index (χ2v) is 5.07. The van der Waals surface area contributed by atoms with E-state index < -0.39 is 6.61 Å². The molecule has 1 fully saturated rings. The molecule has 23 heavy (non-hydrogen) atoms. The monoisotopic (exact) mass is 441 g/mol. The first kappa shape index (κ1) is 19.7. The van der Waals surface area contributed by atoms with Crippen molar-refractivity contribution in [3.63, 3.8) is 0 Å². The lowest BCUT2D eigenvalue weighted by Crippen LogP contribution is -2.40. The number of nitrogens with zero attached hydrogens (tertiary/aromatic N) is 2. The van der Waals surface area contributed by atoms with E-state index in [0.717, 1.165) is 25.9 Å². The molecule has 8 heteroatoms. The predicted octanol–water partition coefficient (Wildman–Crippen LogP) is 3.22. The number of guanidine groups is 1. The highest BCUT2D eigenvalue weighted by molar-refractivity contribution is 14.0. The van der Waals surface area contributed by atoms with Crippen LogP contribution in [0.25, 0.3) is 0 Å². The number of nitrogens with two attached hydrogens (primary N) is 1. The lowest BCUT2D eigenvalue weighted by Gasteiger charge is -2.27. The average molecular weight is 441 g/mol. The molecule has 0 aromatic heterocycles. The van der Waals surface area contributed by atoms with E-state index in [9.17, 15) is 8.78 Å². The van der Waals surface area contributed by atoms with Gasteiger partial charge >= 0.3 is 6.61 Å². The summed E-state index contributed by atoms with van der Waals surface area (Å²) in [6, 6.07) is 4.65. The molecule has 0 radical (unpaired) electrons. The topological polar surface area (TPSA) is 60.1 Å². The minimum atomic E-state index is -2.88. The van der Waals surface area contributed by atoms with Crippen molar-refractivity contribution in [2.45, 2.75) is 32.4 Å². The molecule has 2 rings (SSSR count). The van der Waals surface area contributed by atoms with Crippen molar-refractivity contribution < 1.29 is 18.3 Å². The van der Waals surface area contributed by atoms with E-state index in [4.69, 9.17) is 10.5 Å². The average Bonchev–Trinajstić information content (AvgIpc) is 2.54. The number of aliphatic imine (C=N–C) groups is 1.